The maximum absolute atomic E-state index is 11.0. The monoisotopic (exact) mass is 239 g/mol. The number of aromatic nitrogens is 1. The summed E-state index contributed by atoms with van der Waals surface area (Å²) >= 11 is 0. The van der Waals surface area contributed by atoms with Crippen molar-refractivity contribution in [3.05, 3.63) is 17.0 Å². The molecule has 1 fully saturated rings. The molecule has 1 aromatic heterocycles. The van der Waals surface area contributed by atoms with Gasteiger partial charge in [0.2, 0.25) is 0 Å². The molecule has 1 saturated heterocycles. The van der Waals surface area contributed by atoms with Crippen molar-refractivity contribution in [2.45, 2.75) is 32.4 Å². The van der Waals surface area contributed by atoms with Crippen molar-refractivity contribution >= 4 is 5.97 Å². The fourth-order valence-corrected chi connectivity index (χ4v) is 2.18. The smallest absolute Gasteiger partial charge is 0.325 e. The Kier molecular flexibility index (Phi) is 2.92. The second-order valence-electron chi connectivity index (χ2n) is 4.72. The van der Waals surface area contributed by atoms with Gasteiger partial charge in [-0.1, -0.05) is 5.16 Å². The summed E-state index contributed by atoms with van der Waals surface area (Å²) in [7, 11) is 0. The van der Waals surface area contributed by atoms with Gasteiger partial charge in [0.15, 0.2) is 0 Å². The average Bonchev–Trinajstić information content (AvgIpc) is 2.78. The molecule has 0 bridgehead atoms. The number of hydrogen-bond acceptors (Lipinski definition) is 5. The number of nitrogens with zero attached hydrogens (tertiary/aromatic N) is 2. The molecule has 1 aromatic rings. The van der Waals surface area contributed by atoms with Gasteiger partial charge < -0.3 is 15.4 Å². The van der Waals surface area contributed by atoms with Crippen LogP contribution in [0.5, 0.6) is 0 Å². The van der Waals surface area contributed by atoms with Crippen molar-refractivity contribution in [2.24, 2.45) is 5.73 Å². The molecule has 1 aliphatic heterocycles. The SMILES string of the molecule is Cc1noc(C)c1CN1CCC(N)(C(=O)O)C1. The Morgan fingerprint density at radius 3 is 2.82 bits per heavy atom. The van der Waals surface area contributed by atoms with Crippen molar-refractivity contribution in [3.8, 4) is 0 Å². The number of aryl methyl sites for hydroxylation is 2. The number of carboxylic acids is 1. The maximum Gasteiger partial charge on any atom is 0.325 e. The second-order valence-corrected chi connectivity index (χ2v) is 4.72. The van der Waals surface area contributed by atoms with Gasteiger partial charge in [0.1, 0.15) is 11.3 Å². The molecular formula is C11H17N3O3. The number of aliphatic carboxylic acids is 1. The molecule has 94 valence electrons. The Morgan fingerprint density at radius 1 is 1.65 bits per heavy atom. The second kappa shape index (κ2) is 4.12. The normalized spacial score (nSPS) is 25.4. The first kappa shape index (κ1) is 12.1. The number of rotatable bonds is 3. The number of nitrogens with two attached hydrogens (primary N) is 1. The molecule has 0 aromatic carbocycles. The van der Waals surface area contributed by atoms with E-state index < -0.39 is 11.5 Å². The lowest BCUT2D eigenvalue weighted by molar-refractivity contribution is -0.142. The Labute approximate surface area is 99.4 Å². The summed E-state index contributed by atoms with van der Waals surface area (Å²) in [6.07, 6.45) is 0.478. The van der Waals surface area contributed by atoms with Gasteiger partial charge in [-0.2, -0.15) is 0 Å². The van der Waals surface area contributed by atoms with Gasteiger partial charge in [0.25, 0.3) is 0 Å². The van der Waals surface area contributed by atoms with Gasteiger partial charge in [-0.05, 0) is 20.3 Å². The van der Waals surface area contributed by atoms with Crippen LogP contribution in [0.4, 0.5) is 0 Å². The van der Waals surface area contributed by atoms with E-state index in [-0.39, 0.29) is 0 Å². The fraction of sp³-hybridized carbons (Fsp3) is 0.636. The third kappa shape index (κ3) is 2.18. The third-order valence-electron chi connectivity index (χ3n) is 3.37. The van der Waals surface area contributed by atoms with E-state index in [2.05, 4.69) is 5.16 Å². The van der Waals surface area contributed by atoms with E-state index in [0.29, 0.717) is 26.1 Å². The van der Waals surface area contributed by atoms with Crippen molar-refractivity contribution in [1.29, 1.82) is 0 Å². The van der Waals surface area contributed by atoms with Gasteiger partial charge in [-0.3, -0.25) is 9.69 Å². The van der Waals surface area contributed by atoms with Gasteiger partial charge in [-0.15, -0.1) is 0 Å². The molecule has 6 heteroatoms. The zero-order valence-electron chi connectivity index (χ0n) is 10.1. The quantitative estimate of drug-likeness (QED) is 0.787. The predicted octanol–water partition coefficient (Wildman–Crippen LogP) is 0.279. The molecule has 1 atom stereocenters. The topological polar surface area (TPSA) is 92.6 Å². The minimum Gasteiger partial charge on any atom is -0.480 e. The van der Waals surface area contributed by atoms with E-state index in [9.17, 15) is 4.79 Å². The molecule has 3 N–H and O–H groups in total. The molecular weight excluding hydrogens is 222 g/mol. The lowest BCUT2D eigenvalue weighted by atomic mass is 10.0. The van der Waals surface area contributed by atoms with E-state index >= 15 is 0 Å². The summed E-state index contributed by atoms with van der Waals surface area (Å²) < 4.78 is 5.08. The van der Waals surface area contributed by atoms with Gasteiger partial charge in [-0.25, -0.2) is 0 Å². The highest BCUT2D eigenvalue weighted by atomic mass is 16.5. The van der Waals surface area contributed by atoms with Crippen LogP contribution < -0.4 is 5.73 Å². The van der Waals surface area contributed by atoms with Crippen LogP contribution in [0.15, 0.2) is 4.52 Å². The van der Waals surface area contributed by atoms with Crippen LogP contribution in [0, 0.1) is 13.8 Å². The van der Waals surface area contributed by atoms with Gasteiger partial charge in [0, 0.05) is 25.2 Å². The van der Waals surface area contributed by atoms with Crippen LogP contribution in [0.1, 0.15) is 23.4 Å². The van der Waals surface area contributed by atoms with Crippen LogP contribution >= 0.6 is 0 Å². The van der Waals surface area contributed by atoms with Crippen LogP contribution in [0.25, 0.3) is 0 Å². The standard InChI is InChI=1S/C11H17N3O3/c1-7-9(8(2)17-13-7)5-14-4-3-11(12,6-14)10(15)16/h3-6,12H2,1-2H3,(H,15,16). The van der Waals surface area contributed by atoms with E-state index in [1.54, 1.807) is 0 Å². The van der Waals surface area contributed by atoms with Crippen molar-refractivity contribution in [3.63, 3.8) is 0 Å². The minimum atomic E-state index is -1.11. The summed E-state index contributed by atoms with van der Waals surface area (Å²) in [4.78, 5) is 13.1. The van der Waals surface area contributed by atoms with Crippen LogP contribution in [0.3, 0.4) is 0 Å². The molecule has 0 saturated carbocycles. The molecule has 2 heterocycles. The summed E-state index contributed by atoms with van der Waals surface area (Å²) in [6, 6.07) is 0. The number of carboxylic acid groups (broad SMARTS) is 1. The summed E-state index contributed by atoms with van der Waals surface area (Å²) in [5, 5.41) is 12.9. The molecule has 0 amide bonds. The Balaban J connectivity index is 2.06. The molecule has 1 aliphatic rings. The number of likely N-dealkylation sites (tertiary alicyclic amines) is 1. The van der Waals surface area contributed by atoms with Crippen LogP contribution in [0.2, 0.25) is 0 Å². The Morgan fingerprint density at radius 2 is 2.35 bits per heavy atom. The first-order valence-corrected chi connectivity index (χ1v) is 5.59. The van der Waals surface area contributed by atoms with E-state index in [4.69, 9.17) is 15.4 Å². The van der Waals surface area contributed by atoms with Gasteiger partial charge in [0.05, 0.1) is 5.69 Å². The predicted molar refractivity (Wildman–Crippen MR) is 60.4 cm³/mol. The first-order chi connectivity index (χ1) is 7.92. The zero-order chi connectivity index (χ0) is 12.6. The highest BCUT2D eigenvalue weighted by Crippen LogP contribution is 2.23. The largest absolute Gasteiger partial charge is 0.480 e. The number of carbonyl (C=O) groups is 1. The molecule has 1 unspecified atom stereocenters. The van der Waals surface area contributed by atoms with Crippen molar-refractivity contribution in [2.75, 3.05) is 13.1 Å². The molecule has 17 heavy (non-hydrogen) atoms. The van der Waals surface area contributed by atoms with E-state index in [1.807, 2.05) is 18.7 Å². The molecule has 6 nitrogen and oxygen atoms in total. The average molecular weight is 239 g/mol. The lowest BCUT2D eigenvalue weighted by Gasteiger charge is -2.19. The summed E-state index contributed by atoms with van der Waals surface area (Å²) in [5.74, 6) is -0.147. The Hall–Kier alpha value is -1.40. The molecule has 2 rings (SSSR count). The maximum atomic E-state index is 11.0. The van der Waals surface area contributed by atoms with Crippen molar-refractivity contribution < 1.29 is 14.4 Å². The summed E-state index contributed by atoms with van der Waals surface area (Å²) in [6.45, 7) is 5.44. The third-order valence-corrected chi connectivity index (χ3v) is 3.37. The zero-order valence-corrected chi connectivity index (χ0v) is 10.1. The molecule has 0 radical (unpaired) electrons. The van der Waals surface area contributed by atoms with E-state index in [0.717, 1.165) is 17.0 Å². The minimum absolute atomic E-state index is 0.367. The Bertz CT molecular complexity index is 424. The van der Waals surface area contributed by atoms with E-state index in [1.165, 1.54) is 0 Å². The molecule has 0 spiro atoms. The number of hydrogen-bond donors (Lipinski definition) is 2. The summed E-state index contributed by atoms with van der Waals surface area (Å²) in [5.41, 5.74) is 6.59. The van der Waals surface area contributed by atoms with Crippen LogP contribution in [-0.2, 0) is 11.3 Å². The fourth-order valence-electron chi connectivity index (χ4n) is 2.18. The molecule has 0 aliphatic carbocycles. The first-order valence-electron chi connectivity index (χ1n) is 5.59. The van der Waals surface area contributed by atoms with Crippen LogP contribution in [-0.4, -0.2) is 39.8 Å². The lowest BCUT2D eigenvalue weighted by Crippen LogP contribution is -2.50. The highest BCUT2D eigenvalue weighted by Gasteiger charge is 2.41. The highest BCUT2D eigenvalue weighted by molar-refractivity contribution is 5.79. The van der Waals surface area contributed by atoms with Gasteiger partial charge >= 0.3 is 5.97 Å². The van der Waals surface area contributed by atoms with Crippen molar-refractivity contribution in [1.82, 2.24) is 10.1 Å².